The van der Waals surface area contributed by atoms with Crippen LogP contribution < -0.4 is 10.1 Å². The molecule has 9 heteroatoms. The number of amides is 1. The van der Waals surface area contributed by atoms with E-state index in [2.05, 4.69) is 10.4 Å². The van der Waals surface area contributed by atoms with Gasteiger partial charge in [-0.3, -0.25) is 14.0 Å². The van der Waals surface area contributed by atoms with Crippen LogP contribution in [0.2, 0.25) is 0 Å². The minimum Gasteiger partial charge on any atom is -0.497 e. The Morgan fingerprint density at radius 1 is 1.06 bits per heavy atom. The quantitative estimate of drug-likeness (QED) is 0.286. The van der Waals surface area contributed by atoms with E-state index in [9.17, 15) is 9.36 Å². The fourth-order valence-electron chi connectivity index (χ4n) is 3.47. The summed E-state index contributed by atoms with van der Waals surface area (Å²) in [5.41, 5.74) is 4.11. The Hall–Kier alpha value is -3.19. The zero-order valence-corrected chi connectivity index (χ0v) is 20.7. The van der Waals surface area contributed by atoms with Gasteiger partial charge in [0.05, 0.1) is 38.4 Å². The minimum atomic E-state index is -3.17. The Bertz CT molecular complexity index is 1160. The van der Waals surface area contributed by atoms with Crippen molar-refractivity contribution in [2.45, 2.75) is 20.0 Å². The molecule has 180 valence electrons. The van der Waals surface area contributed by atoms with Crippen molar-refractivity contribution in [3.05, 3.63) is 71.9 Å². The van der Waals surface area contributed by atoms with E-state index in [-0.39, 0.29) is 12.1 Å². The molecule has 0 bridgehead atoms. The largest absolute Gasteiger partial charge is 0.497 e. The summed E-state index contributed by atoms with van der Waals surface area (Å²) in [5.74, 6) is 0.499. The number of hydrogen-bond acceptors (Lipinski definition) is 6. The Balaban J connectivity index is 1.66. The first kappa shape index (κ1) is 25.4. The number of ether oxygens (including phenoxy) is 1. The number of nitrogens with zero attached hydrogens (tertiary/aromatic N) is 2. The zero-order chi connectivity index (χ0) is 24.6. The van der Waals surface area contributed by atoms with Crippen molar-refractivity contribution in [1.82, 2.24) is 9.78 Å². The third kappa shape index (κ3) is 6.67. The molecule has 3 rings (SSSR count). The Labute approximate surface area is 200 Å². The van der Waals surface area contributed by atoms with Gasteiger partial charge in [0.1, 0.15) is 5.75 Å². The Morgan fingerprint density at radius 3 is 2.29 bits per heavy atom. The van der Waals surface area contributed by atoms with Crippen molar-refractivity contribution in [1.29, 1.82) is 0 Å². The molecule has 0 aliphatic rings. The smallest absolute Gasteiger partial charge is 0.335 e. The molecule has 0 spiro atoms. The van der Waals surface area contributed by atoms with Crippen molar-refractivity contribution in [2.75, 3.05) is 25.6 Å². The van der Waals surface area contributed by atoms with Gasteiger partial charge in [-0.15, -0.1) is 0 Å². The van der Waals surface area contributed by atoms with Gasteiger partial charge in [-0.05, 0) is 61.9 Å². The van der Waals surface area contributed by atoms with Crippen LogP contribution in [0, 0.1) is 0 Å². The van der Waals surface area contributed by atoms with E-state index in [1.54, 1.807) is 62.2 Å². The molecule has 3 aromatic rings. The highest BCUT2D eigenvalue weighted by molar-refractivity contribution is 7.53. The van der Waals surface area contributed by atoms with Crippen molar-refractivity contribution in [3.8, 4) is 17.0 Å². The maximum Gasteiger partial charge on any atom is 0.335 e. The molecular weight excluding hydrogens is 453 g/mol. The first-order valence-electron chi connectivity index (χ1n) is 11.0. The molecule has 0 aliphatic heterocycles. The van der Waals surface area contributed by atoms with Gasteiger partial charge in [-0.2, -0.15) is 5.10 Å². The molecule has 0 radical (unpaired) electrons. The molecule has 0 atom stereocenters. The topological polar surface area (TPSA) is 91.7 Å². The SMILES string of the molecule is CCOP(=O)(Cc1ccc(NC(=O)C=Cc2cnn(C)c2-c2ccc(OC)cc2)cc1)OCC. The van der Waals surface area contributed by atoms with Crippen LogP contribution in [0.3, 0.4) is 0 Å². The third-order valence-electron chi connectivity index (χ3n) is 4.99. The van der Waals surface area contributed by atoms with Crippen molar-refractivity contribution in [3.63, 3.8) is 0 Å². The summed E-state index contributed by atoms with van der Waals surface area (Å²) in [4.78, 5) is 12.5. The number of hydrogen-bond donors (Lipinski definition) is 1. The lowest BCUT2D eigenvalue weighted by molar-refractivity contribution is -0.111. The third-order valence-corrected chi connectivity index (χ3v) is 7.05. The lowest BCUT2D eigenvalue weighted by atomic mass is 10.1. The van der Waals surface area contributed by atoms with Crippen molar-refractivity contribution >= 4 is 25.3 Å². The van der Waals surface area contributed by atoms with E-state index in [1.807, 2.05) is 31.3 Å². The van der Waals surface area contributed by atoms with Crippen LogP contribution in [-0.2, 0) is 31.6 Å². The monoisotopic (exact) mass is 483 g/mol. The fourth-order valence-corrected chi connectivity index (χ4v) is 5.17. The molecule has 0 fully saturated rings. The summed E-state index contributed by atoms with van der Waals surface area (Å²) in [6.45, 7) is 4.19. The van der Waals surface area contributed by atoms with Crippen LogP contribution >= 0.6 is 7.60 Å². The molecule has 2 aromatic carbocycles. The molecule has 0 aliphatic carbocycles. The highest BCUT2D eigenvalue weighted by Crippen LogP contribution is 2.51. The van der Waals surface area contributed by atoms with Gasteiger partial charge in [0, 0.05) is 29.9 Å². The van der Waals surface area contributed by atoms with Crippen LogP contribution in [0.5, 0.6) is 5.75 Å². The van der Waals surface area contributed by atoms with Gasteiger partial charge in [-0.25, -0.2) is 0 Å². The average Bonchev–Trinajstić information content (AvgIpc) is 3.19. The summed E-state index contributed by atoms with van der Waals surface area (Å²) in [5, 5.41) is 7.15. The molecule has 34 heavy (non-hydrogen) atoms. The number of aryl methyl sites for hydroxylation is 1. The lowest BCUT2D eigenvalue weighted by Gasteiger charge is -2.17. The number of carbonyl (C=O) groups is 1. The first-order valence-corrected chi connectivity index (χ1v) is 12.7. The molecular formula is C25H30N3O5P. The molecule has 1 aromatic heterocycles. The average molecular weight is 484 g/mol. The summed E-state index contributed by atoms with van der Waals surface area (Å²) >= 11 is 0. The molecule has 1 heterocycles. The zero-order valence-electron chi connectivity index (χ0n) is 19.9. The van der Waals surface area contributed by atoms with E-state index in [4.69, 9.17) is 13.8 Å². The molecule has 8 nitrogen and oxygen atoms in total. The van der Waals surface area contributed by atoms with Crippen LogP contribution in [-0.4, -0.2) is 36.0 Å². The maximum atomic E-state index is 12.7. The second kappa shape index (κ2) is 11.8. The Kier molecular flexibility index (Phi) is 8.82. The predicted molar refractivity (Wildman–Crippen MR) is 134 cm³/mol. The molecule has 1 amide bonds. The van der Waals surface area contributed by atoms with Gasteiger partial charge in [-0.1, -0.05) is 12.1 Å². The predicted octanol–water partition coefficient (Wildman–Crippen LogP) is 5.51. The van der Waals surface area contributed by atoms with E-state index in [0.717, 1.165) is 28.1 Å². The molecule has 1 N–H and O–H groups in total. The van der Waals surface area contributed by atoms with Crippen molar-refractivity contribution < 1.29 is 23.1 Å². The Morgan fingerprint density at radius 2 is 1.71 bits per heavy atom. The van der Waals surface area contributed by atoms with Gasteiger partial charge < -0.3 is 19.1 Å². The summed E-state index contributed by atoms with van der Waals surface area (Å²) in [6.07, 6.45) is 5.10. The normalized spacial score (nSPS) is 11.6. The van der Waals surface area contributed by atoms with E-state index >= 15 is 0 Å². The number of carbonyl (C=O) groups excluding carboxylic acids is 1. The second-order valence-electron chi connectivity index (χ2n) is 7.42. The number of methoxy groups -OCH3 is 1. The number of benzene rings is 2. The van der Waals surface area contributed by atoms with Crippen LogP contribution in [0.25, 0.3) is 17.3 Å². The van der Waals surface area contributed by atoms with E-state index < -0.39 is 7.60 Å². The standard InChI is InChI=1S/C25H30N3O5P/c1-5-32-34(30,33-6-2)18-19-7-12-22(13-8-19)27-24(29)16-11-21-17-26-28(3)25(21)20-9-14-23(31-4)15-10-20/h7-17H,5-6,18H2,1-4H3,(H,27,29). The number of rotatable bonds is 11. The number of aromatic nitrogens is 2. The first-order chi connectivity index (χ1) is 16.4. The highest BCUT2D eigenvalue weighted by atomic mass is 31.2. The minimum absolute atomic E-state index is 0.179. The van der Waals surface area contributed by atoms with Gasteiger partial charge in [0.15, 0.2) is 0 Å². The summed E-state index contributed by atoms with van der Waals surface area (Å²) in [7, 11) is 0.305. The van der Waals surface area contributed by atoms with Crippen LogP contribution in [0.15, 0.2) is 60.8 Å². The number of anilines is 1. The highest BCUT2D eigenvalue weighted by Gasteiger charge is 2.23. The van der Waals surface area contributed by atoms with E-state index in [0.29, 0.717) is 18.9 Å². The van der Waals surface area contributed by atoms with Gasteiger partial charge in [0.25, 0.3) is 0 Å². The van der Waals surface area contributed by atoms with E-state index in [1.165, 1.54) is 6.08 Å². The lowest BCUT2D eigenvalue weighted by Crippen LogP contribution is -2.07. The van der Waals surface area contributed by atoms with Gasteiger partial charge >= 0.3 is 7.60 Å². The molecule has 0 saturated carbocycles. The molecule has 0 unspecified atom stereocenters. The molecule has 0 saturated heterocycles. The fraction of sp³-hybridized carbons (Fsp3) is 0.280. The van der Waals surface area contributed by atoms with Crippen LogP contribution in [0.4, 0.5) is 5.69 Å². The summed E-state index contributed by atoms with van der Waals surface area (Å²) in [6, 6.07) is 14.8. The number of nitrogens with one attached hydrogen (secondary N) is 1. The van der Waals surface area contributed by atoms with Gasteiger partial charge in [0.2, 0.25) is 5.91 Å². The van der Waals surface area contributed by atoms with Crippen molar-refractivity contribution in [2.24, 2.45) is 7.05 Å². The summed E-state index contributed by atoms with van der Waals surface area (Å²) < 4.78 is 30.4. The van der Waals surface area contributed by atoms with Crippen LogP contribution in [0.1, 0.15) is 25.0 Å². The maximum absolute atomic E-state index is 12.7. The second-order valence-corrected chi connectivity index (χ2v) is 9.48.